The summed E-state index contributed by atoms with van der Waals surface area (Å²) in [7, 11) is 0. The van der Waals surface area contributed by atoms with Gasteiger partial charge < -0.3 is 24.0 Å². The molecule has 3 aromatic rings. The van der Waals surface area contributed by atoms with Gasteiger partial charge in [0.05, 0.1) is 25.2 Å². The number of para-hydroxylation sites is 2. The summed E-state index contributed by atoms with van der Waals surface area (Å²) in [5, 5.41) is 0.886. The minimum atomic E-state index is -1.07. The van der Waals surface area contributed by atoms with Gasteiger partial charge in [-0.15, -0.1) is 0 Å². The molecule has 8 nitrogen and oxygen atoms in total. The number of aromatic nitrogens is 1. The van der Waals surface area contributed by atoms with Gasteiger partial charge in [0.15, 0.2) is 12.2 Å². The highest BCUT2D eigenvalue weighted by Crippen LogP contribution is 2.31. The topological polar surface area (TPSA) is 81.2 Å². The van der Waals surface area contributed by atoms with Gasteiger partial charge in [0.1, 0.15) is 18.1 Å². The lowest BCUT2D eigenvalue weighted by molar-refractivity contribution is -0.177. The van der Waals surface area contributed by atoms with Crippen LogP contribution in [0.5, 0.6) is 11.5 Å². The molecule has 2 amide bonds. The van der Waals surface area contributed by atoms with Crippen LogP contribution in [0.15, 0.2) is 48.5 Å². The Morgan fingerprint density at radius 1 is 1.07 bits per heavy atom. The van der Waals surface area contributed by atoms with Crippen molar-refractivity contribution in [2.24, 2.45) is 0 Å². The number of benzene rings is 2. The van der Waals surface area contributed by atoms with Gasteiger partial charge in [-0.2, -0.15) is 0 Å². The third kappa shape index (κ3) is 6.70. The van der Waals surface area contributed by atoms with Crippen molar-refractivity contribution < 1.29 is 23.8 Å². The van der Waals surface area contributed by atoms with Gasteiger partial charge in [-0.05, 0) is 69.2 Å². The quantitative estimate of drug-likeness (QED) is 0.400. The Labute approximate surface area is 248 Å². The molecule has 1 unspecified atom stereocenters. The number of rotatable bonds is 6. The maximum absolute atomic E-state index is 14.2. The lowest BCUT2D eigenvalue weighted by atomic mass is 9.90. The zero-order valence-electron chi connectivity index (χ0n) is 25.2. The molecule has 0 aliphatic carbocycles. The van der Waals surface area contributed by atoms with Crippen molar-refractivity contribution in [3.05, 3.63) is 65.4 Å². The van der Waals surface area contributed by atoms with Crippen molar-refractivity contribution >= 4 is 22.7 Å². The highest BCUT2D eigenvalue weighted by molar-refractivity contribution is 5.89. The normalized spacial score (nSPS) is 20.0. The van der Waals surface area contributed by atoms with E-state index in [1.54, 1.807) is 4.90 Å². The molecule has 2 aliphatic heterocycles. The van der Waals surface area contributed by atoms with E-state index < -0.39 is 5.60 Å². The van der Waals surface area contributed by atoms with Crippen molar-refractivity contribution in [1.82, 2.24) is 14.8 Å². The standard InChI is InChI=1S/C34H43N3O5/c1-4-5-17-36-18-20-40-29-15-7-6-12-27(29)13-8-9-16-34(33(36)39)24-37(19-21-42-34)31(38)23-41-30-22-26(3)35-32-25(2)11-10-14-28(30)32/h6-7,10-12,14-15,22H,4-5,8-9,13,16-21,23-24H2,1-3H3. The van der Waals surface area contributed by atoms with Crippen LogP contribution >= 0.6 is 0 Å². The van der Waals surface area contributed by atoms with Crippen LogP contribution in [0.2, 0.25) is 0 Å². The first-order valence-electron chi connectivity index (χ1n) is 15.3. The van der Waals surface area contributed by atoms with Gasteiger partial charge >= 0.3 is 0 Å². The lowest BCUT2D eigenvalue weighted by Crippen LogP contribution is -2.62. The predicted octanol–water partition coefficient (Wildman–Crippen LogP) is 5.26. The van der Waals surface area contributed by atoms with Gasteiger partial charge in [-0.25, -0.2) is 0 Å². The summed E-state index contributed by atoms with van der Waals surface area (Å²) >= 11 is 0. The second-order valence-electron chi connectivity index (χ2n) is 11.5. The van der Waals surface area contributed by atoms with Gasteiger partial charge in [0.25, 0.3) is 11.8 Å². The van der Waals surface area contributed by atoms with E-state index in [0.29, 0.717) is 45.0 Å². The van der Waals surface area contributed by atoms with E-state index in [-0.39, 0.29) is 25.0 Å². The molecule has 3 heterocycles. The Balaban J connectivity index is 1.33. The van der Waals surface area contributed by atoms with Crippen molar-refractivity contribution in [3.63, 3.8) is 0 Å². The van der Waals surface area contributed by atoms with Crippen LogP contribution in [0.4, 0.5) is 0 Å². The van der Waals surface area contributed by atoms with Gasteiger partial charge in [-0.3, -0.25) is 14.6 Å². The molecule has 2 aromatic carbocycles. The maximum Gasteiger partial charge on any atom is 0.260 e. The Morgan fingerprint density at radius 3 is 2.79 bits per heavy atom. The third-order valence-electron chi connectivity index (χ3n) is 8.35. The van der Waals surface area contributed by atoms with Crippen LogP contribution < -0.4 is 9.47 Å². The summed E-state index contributed by atoms with van der Waals surface area (Å²) in [6, 6.07) is 16.0. The van der Waals surface area contributed by atoms with Gasteiger partial charge in [0.2, 0.25) is 0 Å². The first kappa shape index (κ1) is 29.8. The van der Waals surface area contributed by atoms with E-state index in [0.717, 1.165) is 60.0 Å². The first-order valence-corrected chi connectivity index (χ1v) is 15.3. The van der Waals surface area contributed by atoms with Crippen LogP contribution in [-0.4, -0.2) is 78.2 Å². The van der Waals surface area contributed by atoms with E-state index in [9.17, 15) is 9.59 Å². The smallest absolute Gasteiger partial charge is 0.260 e. The number of morpholine rings is 1. The largest absolute Gasteiger partial charge is 0.491 e. The zero-order chi connectivity index (χ0) is 29.5. The highest BCUT2D eigenvalue weighted by atomic mass is 16.5. The van der Waals surface area contributed by atoms with E-state index >= 15 is 0 Å². The second-order valence-corrected chi connectivity index (χ2v) is 11.5. The molecule has 1 saturated heterocycles. The summed E-state index contributed by atoms with van der Waals surface area (Å²) in [5.74, 6) is 1.35. The number of amides is 2. The van der Waals surface area contributed by atoms with Crippen LogP contribution in [0, 0.1) is 13.8 Å². The SMILES string of the molecule is CCCCN1CCOc2ccccc2CCCCC2(CN(C(=O)COc3cc(C)nc4c(C)cccc34)CCO2)C1=O. The predicted molar refractivity (Wildman–Crippen MR) is 163 cm³/mol. The number of ether oxygens (including phenoxy) is 3. The van der Waals surface area contributed by atoms with E-state index in [1.807, 2.05) is 61.2 Å². The van der Waals surface area contributed by atoms with E-state index in [2.05, 4.69) is 18.0 Å². The summed E-state index contributed by atoms with van der Waals surface area (Å²) in [4.78, 5) is 36.1. The first-order chi connectivity index (χ1) is 20.4. The van der Waals surface area contributed by atoms with Crippen LogP contribution in [0.3, 0.4) is 0 Å². The molecule has 8 heteroatoms. The molecular weight excluding hydrogens is 530 g/mol. The minimum Gasteiger partial charge on any atom is -0.491 e. The highest BCUT2D eigenvalue weighted by Gasteiger charge is 2.46. The molecule has 0 saturated carbocycles. The molecule has 1 fully saturated rings. The van der Waals surface area contributed by atoms with E-state index in [1.165, 1.54) is 5.56 Å². The fourth-order valence-corrected chi connectivity index (χ4v) is 6.01. The van der Waals surface area contributed by atoms with Gasteiger partial charge in [0, 0.05) is 30.2 Å². The van der Waals surface area contributed by atoms with Crippen molar-refractivity contribution in [2.75, 3.05) is 46.0 Å². The second kappa shape index (κ2) is 13.6. The molecular formula is C34H43N3O5. The Morgan fingerprint density at radius 2 is 1.93 bits per heavy atom. The minimum absolute atomic E-state index is 0.0435. The summed E-state index contributed by atoms with van der Waals surface area (Å²) < 4.78 is 18.6. The number of aryl methyl sites for hydroxylation is 3. The fraction of sp³-hybridized carbons (Fsp3) is 0.500. The van der Waals surface area contributed by atoms with Crippen LogP contribution in [-0.2, 0) is 20.7 Å². The van der Waals surface area contributed by atoms with Crippen molar-refractivity contribution in [2.45, 2.75) is 64.9 Å². The molecule has 0 radical (unpaired) electrons. The molecule has 1 aromatic heterocycles. The summed E-state index contributed by atoms with van der Waals surface area (Å²) in [6.45, 7) is 8.45. The van der Waals surface area contributed by atoms with E-state index in [4.69, 9.17) is 14.2 Å². The number of fused-ring (bicyclic) bond motifs is 2. The molecule has 1 spiro atoms. The van der Waals surface area contributed by atoms with Crippen molar-refractivity contribution in [1.29, 1.82) is 0 Å². The molecule has 0 bridgehead atoms. The Kier molecular flexibility index (Phi) is 9.62. The zero-order valence-corrected chi connectivity index (χ0v) is 25.2. The molecule has 224 valence electrons. The molecule has 0 N–H and O–H groups in total. The monoisotopic (exact) mass is 573 g/mol. The Hall–Kier alpha value is -3.65. The third-order valence-corrected chi connectivity index (χ3v) is 8.35. The Bertz CT molecular complexity index is 1410. The molecule has 2 aliphatic rings. The number of hydrogen-bond donors (Lipinski definition) is 0. The summed E-state index contributed by atoms with van der Waals surface area (Å²) in [5.41, 5.74) is 2.89. The lowest BCUT2D eigenvalue weighted by Gasteiger charge is -2.44. The fourth-order valence-electron chi connectivity index (χ4n) is 6.01. The molecule has 1 atom stereocenters. The molecule has 5 rings (SSSR count). The number of nitrogens with zero attached hydrogens (tertiary/aromatic N) is 3. The molecule has 42 heavy (non-hydrogen) atoms. The maximum atomic E-state index is 14.2. The number of hydrogen-bond acceptors (Lipinski definition) is 6. The van der Waals surface area contributed by atoms with Crippen molar-refractivity contribution in [3.8, 4) is 11.5 Å². The average molecular weight is 574 g/mol. The average Bonchev–Trinajstić information content (AvgIpc) is 3.00. The summed E-state index contributed by atoms with van der Waals surface area (Å²) in [6.07, 6.45) is 5.02. The van der Waals surface area contributed by atoms with Crippen LogP contribution in [0.25, 0.3) is 10.9 Å². The van der Waals surface area contributed by atoms with Gasteiger partial charge in [-0.1, -0.05) is 43.7 Å². The number of unbranched alkanes of at least 4 members (excludes halogenated alkanes) is 1. The number of carbonyl (C=O) groups is 2. The van der Waals surface area contributed by atoms with Crippen LogP contribution in [0.1, 0.15) is 55.8 Å². The number of carbonyl (C=O) groups excluding carboxylic acids is 2. The number of pyridine rings is 1.